The van der Waals surface area contributed by atoms with Crippen molar-refractivity contribution in [3.05, 3.63) is 229 Å². The number of carbonyl (C=O) groups excluding carboxylic acids is 2. The molecule has 0 unspecified atom stereocenters. The summed E-state index contributed by atoms with van der Waals surface area (Å²) in [5.74, 6) is -4.50. The maximum atomic E-state index is 14.1. The number of esters is 2. The number of ether oxygens (including phenoxy) is 2. The molecule has 0 aliphatic carbocycles. The minimum absolute atomic E-state index is 0.0319. The Kier molecular flexibility index (Phi) is 17.8. The fourth-order valence-corrected chi connectivity index (χ4v) is 10.2. The van der Waals surface area contributed by atoms with E-state index in [2.05, 4.69) is 15.0 Å². The maximum Gasteiger partial charge on any atom is 0.358 e. The fourth-order valence-electron chi connectivity index (χ4n) is 6.88. The molecule has 8 nitrogen and oxygen atoms in total. The Morgan fingerprint density at radius 2 is 0.845 bits per heavy atom. The van der Waals surface area contributed by atoms with Crippen LogP contribution in [0.4, 0.5) is 26.3 Å². The van der Waals surface area contributed by atoms with Gasteiger partial charge in [0, 0.05) is 50.6 Å². The largest absolute Gasteiger partial charge is 0.464 e. The number of benzene rings is 6. The van der Waals surface area contributed by atoms with Crippen molar-refractivity contribution in [3.8, 4) is 31.7 Å². The Morgan fingerprint density at radius 3 is 1.21 bits per heavy atom. The highest BCUT2D eigenvalue weighted by Gasteiger charge is 2.24. The summed E-state index contributed by atoms with van der Waals surface area (Å²) in [6.07, 6.45) is 1.52. The minimum Gasteiger partial charge on any atom is -0.464 e. The minimum atomic E-state index is -0.597. The molecule has 6 aromatic carbocycles. The first-order valence-corrected chi connectivity index (χ1v) is 24.1. The van der Waals surface area contributed by atoms with Crippen LogP contribution in [0.15, 0.2) is 146 Å². The molecule has 9 rings (SSSR count). The van der Waals surface area contributed by atoms with Gasteiger partial charge in [-0.05, 0) is 78.2 Å². The third kappa shape index (κ3) is 13.5. The van der Waals surface area contributed by atoms with Gasteiger partial charge in [-0.25, -0.2) is 50.9 Å². The summed E-state index contributed by atoms with van der Waals surface area (Å²) >= 11 is 3.60. The molecule has 3 aromatic heterocycles. The van der Waals surface area contributed by atoms with Gasteiger partial charge in [0.15, 0.2) is 11.4 Å². The third-order valence-electron chi connectivity index (χ3n) is 10.3. The van der Waals surface area contributed by atoms with Gasteiger partial charge in [0.2, 0.25) is 0 Å². The zero-order valence-electron chi connectivity index (χ0n) is 37.8. The highest BCUT2D eigenvalue weighted by atomic mass is 32.1. The van der Waals surface area contributed by atoms with Crippen LogP contribution in [0.2, 0.25) is 0 Å². The van der Waals surface area contributed by atoms with Crippen LogP contribution in [0.25, 0.3) is 31.7 Å². The number of aromatic nitrogens is 3. The number of methoxy groups -OCH3 is 1. The second-order valence-corrected chi connectivity index (χ2v) is 18.5. The summed E-state index contributed by atoms with van der Waals surface area (Å²) in [5.41, 5.74) is 4.03. The van der Waals surface area contributed by atoms with Crippen LogP contribution in [-0.4, -0.2) is 45.7 Å². The van der Waals surface area contributed by atoms with Crippen molar-refractivity contribution in [2.75, 3.05) is 13.7 Å². The van der Waals surface area contributed by atoms with Crippen LogP contribution in [0.3, 0.4) is 0 Å². The quantitative estimate of drug-likeness (QED) is 0.0898. The summed E-state index contributed by atoms with van der Waals surface area (Å²) in [6, 6.07) is 38.4. The Morgan fingerprint density at radius 1 is 0.493 bits per heavy atom. The molecule has 9 aromatic rings. The molecule has 362 valence electrons. The highest BCUT2D eigenvalue weighted by molar-refractivity contribution is 7.16. The van der Waals surface area contributed by atoms with Gasteiger partial charge < -0.3 is 14.6 Å². The van der Waals surface area contributed by atoms with Crippen molar-refractivity contribution in [1.29, 1.82) is 0 Å². The lowest BCUT2D eigenvalue weighted by molar-refractivity contribution is 0.0518. The van der Waals surface area contributed by atoms with E-state index in [4.69, 9.17) is 9.47 Å². The van der Waals surface area contributed by atoms with Crippen LogP contribution in [0.5, 0.6) is 0 Å². The molecule has 0 aliphatic heterocycles. The van der Waals surface area contributed by atoms with Crippen molar-refractivity contribution in [2.24, 2.45) is 0 Å². The average Bonchev–Trinajstić information content (AvgIpc) is 4.12. The van der Waals surface area contributed by atoms with E-state index in [9.17, 15) is 41.0 Å². The first-order valence-electron chi connectivity index (χ1n) is 21.7. The average molecular weight is 1020 g/mol. The molecule has 71 heavy (non-hydrogen) atoms. The topological polar surface area (TPSA) is 112 Å². The molecule has 3 heterocycles. The molecule has 0 aliphatic rings. The predicted octanol–water partition coefficient (Wildman–Crippen LogP) is 13.5. The monoisotopic (exact) mass is 1020 g/mol. The number of rotatable bonds is 13. The molecule has 0 amide bonds. The third-order valence-corrected chi connectivity index (χ3v) is 13.6. The van der Waals surface area contributed by atoms with Gasteiger partial charge in [0.05, 0.1) is 26.0 Å². The van der Waals surface area contributed by atoms with Gasteiger partial charge in [-0.2, -0.15) is 0 Å². The number of thiazole rings is 3. The van der Waals surface area contributed by atoms with Crippen LogP contribution in [0, 0.1) is 34.9 Å². The van der Waals surface area contributed by atoms with Crippen LogP contribution < -0.4 is 0 Å². The maximum absolute atomic E-state index is 14.1. The van der Waals surface area contributed by atoms with Crippen molar-refractivity contribution >= 4 is 45.9 Å². The van der Waals surface area contributed by atoms with Gasteiger partial charge in [-0.3, -0.25) is 0 Å². The number of carbonyl (C=O) groups is 2. The van der Waals surface area contributed by atoms with E-state index < -0.39 is 46.8 Å². The summed E-state index contributed by atoms with van der Waals surface area (Å²) in [5, 5.41) is 10.3. The summed E-state index contributed by atoms with van der Waals surface area (Å²) in [4.78, 5) is 39.0. The molecule has 0 atom stereocenters. The summed E-state index contributed by atoms with van der Waals surface area (Å²) < 4.78 is 92.0. The standard InChI is InChI=1S/C19H15F2NO2S.C18H13F2NO2S.C17H13F2NOS/c1-2-24-19(23)17-16(10-12-6-4-3-5-7-12)25-18(22-17)14-11-13(20)8-9-15(14)21;1-23-18(22)16-15(9-11-5-3-2-4-6-11)24-17(21-16)13-10-12(19)7-8-14(13)20;18-12-6-7-14(19)13(9-12)17-20-15(10-21)16(22-17)8-11-4-2-1-3-5-11/h3-9,11H,2,10H2,1H3;2-8,10H,9H2,1H3;1-7,9,21H,8,10H2. The van der Waals surface area contributed by atoms with Crippen molar-refractivity contribution in [3.63, 3.8) is 0 Å². The number of nitrogens with zero attached hydrogens (tertiary/aromatic N) is 3. The van der Waals surface area contributed by atoms with Crippen LogP contribution >= 0.6 is 34.0 Å². The van der Waals surface area contributed by atoms with Gasteiger partial charge in [0.1, 0.15) is 49.9 Å². The van der Waals surface area contributed by atoms with Gasteiger partial charge in [-0.15, -0.1) is 34.0 Å². The molecule has 1 N–H and O–H groups in total. The second-order valence-electron chi connectivity index (χ2n) is 15.2. The van der Waals surface area contributed by atoms with Gasteiger partial charge >= 0.3 is 11.9 Å². The van der Waals surface area contributed by atoms with Crippen LogP contribution in [-0.2, 0) is 35.3 Å². The lowest BCUT2D eigenvalue weighted by Crippen LogP contribution is -2.08. The smallest absolute Gasteiger partial charge is 0.358 e. The number of hydrogen-bond acceptors (Lipinski definition) is 11. The number of aliphatic hydroxyl groups excluding tert-OH is 1. The van der Waals surface area contributed by atoms with E-state index in [-0.39, 0.29) is 51.3 Å². The lowest BCUT2D eigenvalue weighted by Gasteiger charge is -2.02. The lowest BCUT2D eigenvalue weighted by atomic mass is 10.1. The van der Waals surface area contributed by atoms with E-state index in [0.717, 1.165) is 87.5 Å². The Bertz CT molecular complexity index is 3240. The Labute approximate surface area is 416 Å². The van der Waals surface area contributed by atoms with E-state index >= 15 is 0 Å². The molecule has 0 saturated heterocycles. The summed E-state index contributed by atoms with van der Waals surface area (Å²) in [6.45, 7) is 1.69. The zero-order valence-corrected chi connectivity index (χ0v) is 40.3. The van der Waals surface area contributed by atoms with Gasteiger partial charge in [0.25, 0.3) is 0 Å². The van der Waals surface area contributed by atoms with E-state index in [1.54, 1.807) is 6.92 Å². The second kappa shape index (κ2) is 24.5. The van der Waals surface area contributed by atoms with E-state index in [1.165, 1.54) is 29.8 Å². The molecule has 0 saturated carbocycles. The van der Waals surface area contributed by atoms with Crippen molar-refractivity contribution < 1.29 is 50.5 Å². The predicted molar refractivity (Wildman–Crippen MR) is 263 cm³/mol. The van der Waals surface area contributed by atoms with Crippen molar-refractivity contribution in [2.45, 2.75) is 32.8 Å². The van der Waals surface area contributed by atoms with E-state index in [0.29, 0.717) is 39.7 Å². The molecule has 0 spiro atoms. The zero-order chi connectivity index (χ0) is 50.4. The molecule has 17 heteroatoms. The molecular weight excluding hydrogens is 981 g/mol. The Balaban J connectivity index is 0.000000157. The normalized spacial score (nSPS) is 10.7. The molecule has 0 fully saturated rings. The SMILES string of the molecule is CCOC(=O)c1nc(-c2cc(F)ccc2F)sc1Cc1ccccc1.COC(=O)c1nc(-c2cc(F)ccc2F)sc1Cc1ccccc1.OCc1nc(-c2cc(F)ccc2F)sc1Cc1ccccc1. The number of aliphatic hydroxyl groups is 1. The molecule has 0 radical (unpaired) electrons. The molecular formula is C54H41F6N3O5S3. The van der Waals surface area contributed by atoms with Crippen LogP contribution in [0.1, 0.15) is 64.9 Å². The number of halogens is 6. The van der Waals surface area contributed by atoms with Gasteiger partial charge in [-0.1, -0.05) is 91.0 Å². The number of hydrogen-bond donors (Lipinski definition) is 1. The molecule has 0 bridgehead atoms. The summed E-state index contributed by atoms with van der Waals surface area (Å²) in [7, 11) is 1.26. The first kappa shape index (κ1) is 51.5. The fraction of sp³-hybridized carbons (Fsp3) is 0.130. The highest BCUT2D eigenvalue weighted by Crippen LogP contribution is 2.35. The van der Waals surface area contributed by atoms with E-state index in [1.807, 2.05) is 91.0 Å². The first-order chi connectivity index (χ1) is 34.3. The Hall–Kier alpha value is -7.31. The van der Waals surface area contributed by atoms with Crippen molar-refractivity contribution in [1.82, 2.24) is 15.0 Å².